The van der Waals surface area contributed by atoms with Crippen molar-refractivity contribution >= 4 is 11.8 Å². The first kappa shape index (κ1) is 16.5. The third-order valence-electron chi connectivity index (χ3n) is 4.76. The molecule has 0 saturated heterocycles. The van der Waals surface area contributed by atoms with Crippen molar-refractivity contribution in [2.75, 3.05) is 11.1 Å². The van der Waals surface area contributed by atoms with Crippen LogP contribution in [-0.2, 0) is 0 Å². The minimum atomic E-state index is -0.260. The van der Waals surface area contributed by atoms with E-state index in [1.807, 2.05) is 19.9 Å². The lowest BCUT2D eigenvalue weighted by Gasteiger charge is -2.16. The number of nitrogens with one attached hydrogen (secondary N) is 2. The van der Waals surface area contributed by atoms with Crippen LogP contribution < -0.4 is 11.1 Å². The van der Waals surface area contributed by atoms with E-state index in [0.29, 0.717) is 17.7 Å². The molecule has 0 unspecified atom stereocenters. The van der Waals surface area contributed by atoms with Crippen molar-refractivity contribution in [1.29, 1.82) is 0 Å². The molecule has 0 aliphatic heterocycles. The summed E-state index contributed by atoms with van der Waals surface area (Å²) in [5.74, 6) is 1.17. The molecule has 4 rings (SSSR count). The number of rotatable bonds is 5. The minimum absolute atomic E-state index is 0.0910. The Hall–Kier alpha value is -2.96. The monoisotopic (exact) mass is 352 g/mol. The Balaban J connectivity index is 1.62. The highest BCUT2D eigenvalue weighted by Crippen LogP contribution is 2.40. The van der Waals surface area contributed by atoms with E-state index in [1.165, 1.54) is 25.0 Å². The number of halogens is 1. The first-order valence-electron chi connectivity index (χ1n) is 8.73. The van der Waals surface area contributed by atoms with Crippen LogP contribution in [0.4, 0.5) is 16.2 Å². The Labute approximate surface area is 151 Å². The molecule has 1 aliphatic carbocycles. The number of hydrogen-bond donors (Lipinski definition) is 3. The fraction of sp³-hybridized carbons (Fsp3) is 0.316. The third kappa shape index (κ3) is 3.24. The van der Waals surface area contributed by atoms with Crippen LogP contribution in [-0.4, -0.2) is 20.2 Å². The van der Waals surface area contributed by atoms with Gasteiger partial charge in [0.2, 0.25) is 5.95 Å². The van der Waals surface area contributed by atoms with Gasteiger partial charge in [-0.25, -0.2) is 9.37 Å². The van der Waals surface area contributed by atoms with Gasteiger partial charge in [0.05, 0.1) is 6.04 Å². The van der Waals surface area contributed by atoms with E-state index in [9.17, 15) is 4.39 Å². The molecule has 7 heteroatoms. The molecule has 26 heavy (non-hydrogen) atoms. The lowest BCUT2D eigenvalue weighted by Crippen LogP contribution is -2.12. The molecule has 0 radical (unpaired) electrons. The first-order valence-corrected chi connectivity index (χ1v) is 8.73. The summed E-state index contributed by atoms with van der Waals surface area (Å²) in [6.07, 6.45) is 2.41. The second-order valence-corrected chi connectivity index (χ2v) is 6.81. The number of anilines is 2. The highest BCUT2D eigenvalue weighted by Gasteiger charge is 2.26. The summed E-state index contributed by atoms with van der Waals surface area (Å²) in [4.78, 5) is 8.96. The molecule has 1 fully saturated rings. The molecule has 0 bridgehead atoms. The van der Waals surface area contributed by atoms with Crippen molar-refractivity contribution < 1.29 is 4.39 Å². The summed E-state index contributed by atoms with van der Waals surface area (Å²) >= 11 is 0. The molecule has 1 saturated carbocycles. The van der Waals surface area contributed by atoms with Crippen molar-refractivity contribution in [3.05, 3.63) is 53.0 Å². The molecule has 1 aliphatic rings. The highest BCUT2D eigenvalue weighted by molar-refractivity contribution is 5.66. The average Bonchev–Trinajstić information content (AvgIpc) is 3.36. The third-order valence-corrected chi connectivity index (χ3v) is 4.76. The zero-order valence-electron chi connectivity index (χ0n) is 14.8. The topological polar surface area (TPSA) is 92.5 Å². The van der Waals surface area contributed by atoms with Gasteiger partial charge in [-0.1, -0.05) is 12.1 Å². The quantitative estimate of drug-likeness (QED) is 0.647. The zero-order valence-corrected chi connectivity index (χ0v) is 14.8. The van der Waals surface area contributed by atoms with E-state index in [2.05, 4.69) is 25.5 Å². The summed E-state index contributed by atoms with van der Waals surface area (Å²) < 4.78 is 13.1. The van der Waals surface area contributed by atoms with Gasteiger partial charge in [-0.15, -0.1) is 0 Å². The maximum Gasteiger partial charge on any atom is 0.225 e. The summed E-state index contributed by atoms with van der Waals surface area (Å²) in [6.45, 7) is 3.86. The molecule has 1 aromatic carbocycles. The van der Waals surface area contributed by atoms with Crippen LogP contribution in [0.25, 0.3) is 11.4 Å². The molecule has 2 heterocycles. The molecular weight excluding hydrogens is 331 g/mol. The summed E-state index contributed by atoms with van der Waals surface area (Å²) in [6, 6.07) is 8.30. The second-order valence-electron chi connectivity index (χ2n) is 6.81. The molecule has 0 spiro atoms. The van der Waals surface area contributed by atoms with Crippen LogP contribution in [0.5, 0.6) is 0 Å². The standard InChI is InChI=1S/C19H21FN6/c1-10-17(16-9-15(25-26-16)13-3-4-13)23-19(24-18(10)21)22-11(2)12-5-7-14(20)8-6-12/h5-9,11,13H,3-4H2,1-2H3,(H,25,26)(H3,21,22,23,24)/t11-/m0/s1. The Morgan fingerprint density at radius 3 is 2.65 bits per heavy atom. The fourth-order valence-electron chi connectivity index (χ4n) is 2.94. The van der Waals surface area contributed by atoms with Crippen LogP contribution in [0.2, 0.25) is 0 Å². The van der Waals surface area contributed by atoms with Gasteiger partial charge >= 0.3 is 0 Å². The van der Waals surface area contributed by atoms with Gasteiger partial charge in [0.15, 0.2) is 0 Å². The molecule has 6 nitrogen and oxygen atoms in total. The van der Waals surface area contributed by atoms with E-state index in [0.717, 1.165) is 28.2 Å². The van der Waals surface area contributed by atoms with Gasteiger partial charge in [-0.05, 0) is 50.5 Å². The number of nitrogens with two attached hydrogens (primary N) is 1. The molecule has 0 amide bonds. The van der Waals surface area contributed by atoms with Gasteiger partial charge in [-0.2, -0.15) is 10.1 Å². The Morgan fingerprint density at radius 2 is 1.96 bits per heavy atom. The van der Waals surface area contributed by atoms with Crippen molar-refractivity contribution in [3.8, 4) is 11.4 Å². The van der Waals surface area contributed by atoms with Crippen molar-refractivity contribution in [2.24, 2.45) is 0 Å². The molecule has 134 valence electrons. The number of H-pyrrole nitrogens is 1. The Kier molecular flexibility index (Phi) is 4.06. The van der Waals surface area contributed by atoms with E-state index in [-0.39, 0.29) is 11.9 Å². The van der Waals surface area contributed by atoms with E-state index >= 15 is 0 Å². The van der Waals surface area contributed by atoms with Crippen LogP contribution in [0.3, 0.4) is 0 Å². The number of aromatic nitrogens is 4. The van der Waals surface area contributed by atoms with Crippen molar-refractivity contribution in [3.63, 3.8) is 0 Å². The van der Waals surface area contributed by atoms with Gasteiger partial charge in [0.25, 0.3) is 0 Å². The second kappa shape index (κ2) is 6.40. The number of nitrogen functional groups attached to an aromatic ring is 1. The minimum Gasteiger partial charge on any atom is -0.383 e. The predicted octanol–water partition coefficient (Wildman–Crippen LogP) is 3.95. The highest BCUT2D eigenvalue weighted by atomic mass is 19.1. The Bertz CT molecular complexity index is 930. The Morgan fingerprint density at radius 1 is 1.23 bits per heavy atom. The summed E-state index contributed by atoms with van der Waals surface area (Å²) in [5.41, 5.74) is 10.5. The van der Waals surface area contributed by atoms with Gasteiger partial charge in [0, 0.05) is 17.2 Å². The molecule has 2 aromatic heterocycles. The first-order chi connectivity index (χ1) is 12.5. The maximum atomic E-state index is 13.1. The van der Waals surface area contributed by atoms with Crippen LogP contribution >= 0.6 is 0 Å². The SMILES string of the molecule is Cc1c(N)nc(N[C@@H](C)c2ccc(F)cc2)nc1-c1cc(C2CC2)[nH]n1. The lowest BCUT2D eigenvalue weighted by atomic mass is 10.1. The van der Waals surface area contributed by atoms with E-state index in [1.54, 1.807) is 12.1 Å². The predicted molar refractivity (Wildman–Crippen MR) is 99.2 cm³/mol. The molecule has 1 atom stereocenters. The number of aromatic amines is 1. The van der Waals surface area contributed by atoms with Gasteiger partial charge in [-0.3, -0.25) is 5.10 Å². The molecular formula is C19H21FN6. The molecule has 3 aromatic rings. The summed E-state index contributed by atoms with van der Waals surface area (Å²) in [7, 11) is 0. The van der Waals surface area contributed by atoms with E-state index in [4.69, 9.17) is 5.73 Å². The smallest absolute Gasteiger partial charge is 0.225 e. The van der Waals surface area contributed by atoms with E-state index < -0.39 is 0 Å². The van der Waals surface area contributed by atoms with Crippen LogP contribution in [0.15, 0.2) is 30.3 Å². The number of nitrogens with zero attached hydrogens (tertiary/aromatic N) is 3. The van der Waals surface area contributed by atoms with Crippen molar-refractivity contribution in [1.82, 2.24) is 20.2 Å². The largest absolute Gasteiger partial charge is 0.383 e. The van der Waals surface area contributed by atoms with Gasteiger partial charge in [0.1, 0.15) is 23.0 Å². The van der Waals surface area contributed by atoms with Crippen LogP contribution in [0, 0.1) is 12.7 Å². The van der Waals surface area contributed by atoms with Crippen LogP contribution in [0.1, 0.15) is 48.5 Å². The zero-order chi connectivity index (χ0) is 18.3. The van der Waals surface area contributed by atoms with Crippen molar-refractivity contribution in [2.45, 2.75) is 38.6 Å². The molecule has 4 N–H and O–H groups in total. The fourth-order valence-corrected chi connectivity index (χ4v) is 2.94. The average molecular weight is 352 g/mol. The number of benzene rings is 1. The van der Waals surface area contributed by atoms with Gasteiger partial charge < -0.3 is 11.1 Å². The number of hydrogen-bond acceptors (Lipinski definition) is 5. The summed E-state index contributed by atoms with van der Waals surface area (Å²) in [5, 5.41) is 10.7. The maximum absolute atomic E-state index is 13.1. The normalized spacial score (nSPS) is 15.0. The lowest BCUT2D eigenvalue weighted by molar-refractivity contribution is 0.626.